The third kappa shape index (κ3) is 7.67. The number of urea groups is 1. The second-order valence-electron chi connectivity index (χ2n) is 13.4. The molecule has 18 heteroatoms. The summed E-state index contributed by atoms with van der Waals surface area (Å²) >= 11 is 0. The summed E-state index contributed by atoms with van der Waals surface area (Å²) in [5.41, 5.74) is 3.63. The summed E-state index contributed by atoms with van der Waals surface area (Å²) in [7, 11) is -2.66. The fourth-order valence-corrected chi connectivity index (χ4v) is 6.92. The number of rotatable bonds is 10. The number of amides is 3. The van der Waals surface area contributed by atoms with E-state index in [0.29, 0.717) is 77.2 Å². The molecule has 1 fully saturated rings. The number of hydrogen-bond acceptors (Lipinski definition) is 7. The van der Waals surface area contributed by atoms with Crippen LogP contribution in [0.2, 0.25) is 0 Å². The van der Waals surface area contributed by atoms with Crippen LogP contribution in [0.5, 0.6) is 0 Å². The largest absolute Gasteiger partial charge is 0.677 e. The molecule has 1 saturated heterocycles. The summed E-state index contributed by atoms with van der Waals surface area (Å²) in [4.78, 5) is 39.4. The predicted octanol–water partition coefficient (Wildman–Crippen LogP) is 7.00. The number of aliphatic imine (C=N–C) groups is 1. The number of carbonyl (C=O) groups is 2. The van der Waals surface area contributed by atoms with Gasteiger partial charge < -0.3 is 20.0 Å². The molecule has 3 aliphatic rings. The molecule has 0 aliphatic carbocycles. The first kappa shape index (κ1) is 36.4. The first-order valence-electron chi connectivity index (χ1n) is 17.7. The van der Waals surface area contributed by atoms with Crippen molar-refractivity contribution in [3.05, 3.63) is 120 Å². The monoisotopic (exact) mass is 766 g/mol. The number of anilines is 3. The van der Waals surface area contributed by atoms with Crippen molar-refractivity contribution in [3.63, 3.8) is 0 Å². The molecule has 56 heavy (non-hydrogen) atoms. The van der Waals surface area contributed by atoms with E-state index in [-0.39, 0.29) is 24.9 Å². The molecule has 1 unspecified atom stereocenters. The van der Waals surface area contributed by atoms with Crippen LogP contribution in [0.1, 0.15) is 36.2 Å². The molecule has 1 atom stereocenters. The third-order valence-corrected chi connectivity index (χ3v) is 9.67. The Balaban J connectivity index is 0.892. The van der Waals surface area contributed by atoms with E-state index in [9.17, 15) is 31.4 Å². The van der Waals surface area contributed by atoms with E-state index in [1.165, 1.54) is 23.0 Å². The lowest BCUT2D eigenvalue weighted by Gasteiger charge is -2.36. The summed E-state index contributed by atoms with van der Waals surface area (Å²) in [6.45, 7) is 1.44. The lowest BCUT2D eigenvalue weighted by atomic mass is 10.1. The molecule has 6 heterocycles. The summed E-state index contributed by atoms with van der Waals surface area (Å²) in [5, 5.41) is 14.1. The van der Waals surface area contributed by atoms with Gasteiger partial charge in [0, 0.05) is 42.2 Å². The normalized spacial score (nSPS) is 16.6. The zero-order valence-electron chi connectivity index (χ0n) is 29.5. The van der Waals surface area contributed by atoms with Crippen LogP contribution in [0.15, 0.2) is 108 Å². The van der Waals surface area contributed by atoms with Gasteiger partial charge in [-0.3, -0.25) is 23.3 Å². The molecule has 3 aromatic heterocycles. The van der Waals surface area contributed by atoms with Crippen LogP contribution < -0.4 is 20.4 Å². The molecule has 2 N–H and O–H groups in total. The van der Waals surface area contributed by atoms with Crippen LogP contribution in [0.3, 0.4) is 0 Å². The van der Waals surface area contributed by atoms with Gasteiger partial charge in [0.2, 0.25) is 5.91 Å². The lowest BCUT2D eigenvalue weighted by molar-refractivity contribution is -0.137. The van der Waals surface area contributed by atoms with E-state index in [4.69, 9.17) is 4.98 Å². The van der Waals surface area contributed by atoms with Crippen molar-refractivity contribution in [1.82, 2.24) is 29.8 Å². The molecule has 3 aliphatic heterocycles. The number of aromatic nitrogens is 5. The SMILES string of the molecule is O=C(CCC1=N/C(=C\c2cccn2B(F)F)C=C1)NCc1cn(-c2cccc(NC(=O)N3c4nc(-c5cccc(C(F)(F)F)c5)ccc4N4CCC3C4)c2)nn1. The second kappa shape index (κ2) is 14.9. The van der Waals surface area contributed by atoms with Crippen molar-refractivity contribution in [2.75, 3.05) is 28.2 Å². The highest BCUT2D eigenvalue weighted by Gasteiger charge is 2.40. The number of carbonyl (C=O) groups excluding carboxylic acids is 2. The van der Waals surface area contributed by atoms with E-state index < -0.39 is 25.2 Å². The second-order valence-corrected chi connectivity index (χ2v) is 13.4. The van der Waals surface area contributed by atoms with Gasteiger partial charge in [-0.05, 0) is 91.9 Å². The maximum absolute atomic E-state index is 13.9. The Bertz CT molecular complexity index is 2400. The molecule has 3 amide bonds. The van der Waals surface area contributed by atoms with Crippen LogP contribution in [0.25, 0.3) is 23.0 Å². The Hall–Kier alpha value is -6.59. The topological polar surface area (TPSA) is 126 Å². The van der Waals surface area contributed by atoms with E-state index in [1.54, 1.807) is 77.9 Å². The maximum atomic E-state index is 13.9. The zero-order chi connectivity index (χ0) is 39.0. The smallest absolute Gasteiger partial charge is 0.366 e. The van der Waals surface area contributed by atoms with Crippen molar-refractivity contribution in [3.8, 4) is 16.9 Å². The molecule has 0 saturated carbocycles. The number of pyridine rings is 1. The Kier molecular flexibility index (Phi) is 9.70. The van der Waals surface area contributed by atoms with Gasteiger partial charge in [-0.15, -0.1) is 5.10 Å². The number of benzene rings is 2. The standard InChI is InChI=1S/C38H32BF5N10O2/c40-38(41,42)25-5-1-4-24(18-25)33-12-13-34-36(48-33)54(32-15-17-51(34)23-32)37(56)47-27-6-2-7-31(20-27)53-22-29(49-50-53)21-45-35(55)14-11-26-9-10-28(46-26)19-30-8-3-16-52(30)39(43)44/h1-10,12-13,16,18-20,22,32H,11,14-15,17,21,23H2,(H,45,55)(H,47,56)/b28-19-. The van der Waals surface area contributed by atoms with E-state index in [2.05, 4.69) is 30.8 Å². The summed E-state index contributed by atoms with van der Waals surface area (Å²) in [6.07, 6.45) is 4.68. The van der Waals surface area contributed by atoms with Gasteiger partial charge in [-0.25, -0.2) is 14.5 Å². The predicted molar refractivity (Wildman–Crippen MR) is 202 cm³/mol. The molecular weight excluding hydrogens is 734 g/mol. The highest BCUT2D eigenvalue weighted by atomic mass is 19.4. The molecule has 0 radical (unpaired) electrons. The number of nitrogens with zero attached hydrogens (tertiary/aromatic N) is 8. The fraction of sp³-hybridized carbons (Fsp3) is 0.211. The minimum atomic E-state index is -4.51. The van der Waals surface area contributed by atoms with Crippen LogP contribution >= 0.6 is 0 Å². The fourth-order valence-electron chi connectivity index (χ4n) is 6.92. The number of nitrogens with one attached hydrogen (secondary N) is 2. The Morgan fingerprint density at radius 1 is 1.00 bits per heavy atom. The quantitative estimate of drug-likeness (QED) is 0.117. The first-order chi connectivity index (χ1) is 27.0. The Morgan fingerprint density at radius 3 is 2.70 bits per heavy atom. The van der Waals surface area contributed by atoms with Crippen LogP contribution in [0, 0.1) is 0 Å². The van der Waals surface area contributed by atoms with Crippen molar-refractivity contribution in [2.45, 2.75) is 38.0 Å². The van der Waals surface area contributed by atoms with Crippen molar-refractivity contribution < 1.29 is 31.4 Å². The number of halogens is 5. The average molecular weight is 767 g/mol. The Morgan fingerprint density at radius 2 is 1.86 bits per heavy atom. The van der Waals surface area contributed by atoms with Gasteiger partial charge in [0.05, 0.1) is 47.1 Å². The van der Waals surface area contributed by atoms with Crippen molar-refractivity contribution in [2.24, 2.45) is 4.99 Å². The minimum Gasteiger partial charge on any atom is -0.366 e. The van der Waals surface area contributed by atoms with Gasteiger partial charge >= 0.3 is 19.6 Å². The van der Waals surface area contributed by atoms with Gasteiger partial charge in [0.25, 0.3) is 0 Å². The molecule has 12 nitrogen and oxygen atoms in total. The van der Waals surface area contributed by atoms with Gasteiger partial charge in [-0.1, -0.05) is 23.4 Å². The van der Waals surface area contributed by atoms with Crippen molar-refractivity contribution >= 4 is 48.3 Å². The van der Waals surface area contributed by atoms with Gasteiger partial charge in [0.15, 0.2) is 5.82 Å². The number of alkyl halides is 3. The Labute approximate surface area is 317 Å². The number of hydrogen-bond donors (Lipinski definition) is 2. The maximum Gasteiger partial charge on any atom is 0.677 e. The number of allylic oxidation sites excluding steroid dienone is 2. The highest BCUT2D eigenvalue weighted by Crippen LogP contribution is 2.41. The average Bonchev–Trinajstić information content (AvgIpc) is 4.02. The summed E-state index contributed by atoms with van der Waals surface area (Å²) in [6, 6.07) is 17.9. The van der Waals surface area contributed by atoms with Crippen LogP contribution in [0.4, 0.5) is 43.8 Å². The van der Waals surface area contributed by atoms with E-state index in [1.807, 2.05) is 0 Å². The van der Waals surface area contributed by atoms with E-state index >= 15 is 0 Å². The highest BCUT2D eigenvalue weighted by molar-refractivity contribution is 6.41. The molecule has 8 rings (SSSR count). The molecule has 284 valence electrons. The summed E-state index contributed by atoms with van der Waals surface area (Å²) < 4.78 is 69.0. The molecule has 0 spiro atoms. The molecule has 2 bridgehead atoms. The van der Waals surface area contributed by atoms with Crippen molar-refractivity contribution in [1.29, 1.82) is 0 Å². The third-order valence-electron chi connectivity index (χ3n) is 9.67. The zero-order valence-corrected chi connectivity index (χ0v) is 29.5. The van der Waals surface area contributed by atoms with Crippen LogP contribution in [-0.4, -0.2) is 68.6 Å². The molecule has 5 aromatic rings. The van der Waals surface area contributed by atoms with E-state index in [0.717, 1.165) is 22.3 Å². The lowest BCUT2D eigenvalue weighted by Crippen LogP contribution is -2.48. The van der Waals surface area contributed by atoms with Crippen LogP contribution in [-0.2, 0) is 17.5 Å². The number of fused-ring (bicyclic) bond motifs is 4. The minimum absolute atomic E-state index is 0.121. The van der Waals surface area contributed by atoms with Gasteiger partial charge in [-0.2, -0.15) is 13.2 Å². The van der Waals surface area contributed by atoms with Gasteiger partial charge in [0.1, 0.15) is 5.69 Å². The first-order valence-corrected chi connectivity index (χ1v) is 17.7. The molecule has 2 aromatic carbocycles. The summed E-state index contributed by atoms with van der Waals surface area (Å²) in [5.74, 6) is 0.142. The molecular formula is C38H32BF5N10O2.